The molecule has 2 aromatic carbocycles. The molecule has 0 fully saturated rings. The zero-order valence-electron chi connectivity index (χ0n) is 12.6. The summed E-state index contributed by atoms with van der Waals surface area (Å²) in [5, 5.41) is 2.83. The van der Waals surface area contributed by atoms with E-state index in [0.29, 0.717) is 13.0 Å². The Balaban J connectivity index is 1.82. The van der Waals surface area contributed by atoms with Crippen LogP contribution in [0.15, 0.2) is 53.7 Å². The summed E-state index contributed by atoms with van der Waals surface area (Å²) in [6, 6.07) is 14.0. The molecule has 0 spiro atoms. The Morgan fingerprint density at radius 3 is 2.04 bits per heavy atom. The van der Waals surface area contributed by atoms with Crippen molar-refractivity contribution >= 4 is 10.1 Å². The van der Waals surface area contributed by atoms with Crippen LogP contribution >= 0.6 is 0 Å². The first-order valence-corrected chi connectivity index (χ1v) is 8.77. The highest BCUT2D eigenvalue weighted by Crippen LogP contribution is 2.16. The number of benzene rings is 2. The highest BCUT2D eigenvalue weighted by molar-refractivity contribution is 7.86. The van der Waals surface area contributed by atoms with Crippen LogP contribution in [0.5, 0.6) is 11.5 Å². The highest BCUT2D eigenvalue weighted by Gasteiger charge is 2.04. The molecule has 0 saturated carbocycles. The number of hydrogen-bond donors (Lipinski definition) is 0. The van der Waals surface area contributed by atoms with E-state index in [1.54, 1.807) is 48.5 Å². The summed E-state index contributed by atoms with van der Waals surface area (Å²) in [6.45, 7) is 0.639. The lowest BCUT2D eigenvalue weighted by molar-refractivity contribution is 0.322. The summed E-state index contributed by atoms with van der Waals surface area (Å²) in [5.41, 5.74) is 1.85. The molecule has 0 radical (unpaired) electrons. The lowest BCUT2D eigenvalue weighted by atomic mass is 10.1. The van der Waals surface area contributed by atoms with Gasteiger partial charge in [0.25, 0.3) is 0 Å². The van der Waals surface area contributed by atoms with Gasteiger partial charge in [-0.05, 0) is 35.4 Å². The standard InChI is InChI=1S/C16H17NO5S/c1-23(19,20)22-16-8-2-13(3-9-16)10-11-21-15-6-4-14(5-7-15)12-17-18/h2-9H,10-12H2,1H3. The molecule has 0 heterocycles. The Bertz CT molecular complexity index is 739. The van der Waals surface area contributed by atoms with Crippen LogP contribution in [0, 0.1) is 4.91 Å². The minimum absolute atomic E-state index is 0.155. The van der Waals surface area contributed by atoms with E-state index in [9.17, 15) is 13.3 Å². The molecule has 7 heteroatoms. The Labute approximate surface area is 135 Å². The maximum atomic E-state index is 11.0. The molecule has 0 unspecified atom stereocenters. The summed E-state index contributed by atoms with van der Waals surface area (Å²) in [4.78, 5) is 10.2. The minimum atomic E-state index is -3.50. The van der Waals surface area contributed by atoms with E-state index in [1.807, 2.05) is 0 Å². The van der Waals surface area contributed by atoms with Gasteiger partial charge < -0.3 is 8.92 Å². The van der Waals surface area contributed by atoms with Gasteiger partial charge in [0, 0.05) is 6.42 Å². The van der Waals surface area contributed by atoms with Crippen LogP contribution in [0.4, 0.5) is 0 Å². The third kappa shape index (κ3) is 6.07. The van der Waals surface area contributed by atoms with E-state index in [1.165, 1.54) is 0 Å². The predicted molar refractivity (Wildman–Crippen MR) is 87.1 cm³/mol. The summed E-state index contributed by atoms with van der Waals surface area (Å²) >= 11 is 0. The van der Waals surface area contributed by atoms with Gasteiger partial charge in [-0.25, -0.2) is 0 Å². The Morgan fingerprint density at radius 1 is 0.913 bits per heavy atom. The van der Waals surface area contributed by atoms with E-state index in [-0.39, 0.29) is 12.3 Å². The second kappa shape index (κ2) is 7.73. The number of rotatable bonds is 8. The van der Waals surface area contributed by atoms with Crippen LogP contribution in [0.1, 0.15) is 11.1 Å². The van der Waals surface area contributed by atoms with Crippen molar-refractivity contribution in [1.82, 2.24) is 0 Å². The minimum Gasteiger partial charge on any atom is -0.493 e. The van der Waals surface area contributed by atoms with Gasteiger partial charge in [0.15, 0.2) is 0 Å². The molecule has 0 saturated heterocycles. The number of nitroso groups, excluding NO2 is 1. The van der Waals surface area contributed by atoms with Crippen LogP contribution in [0.25, 0.3) is 0 Å². The van der Waals surface area contributed by atoms with Gasteiger partial charge in [-0.3, -0.25) is 0 Å². The van der Waals surface area contributed by atoms with Crippen molar-refractivity contribution in [3.8, 4) is 11.5 Å². The first-order valence-electron chi connectivity index (χ1n) is 6.95. The van der Waals surface area contributed by atoms with Crippen LogP contribution in [-0.4, -0.2) is 21.3 Å². The van der Waals surface area contributed by atoms with Gasteiger partial charge in [0.2, 0.25) is 0 Å². The first kappa shape index (κ1) is 17.0. The molecule has 0 atom stereocenters. The van der Waals surface area contributed by atoms with Crippen molar-refractivity contribution < 1.29 is 17.3 Å². The third-order valence-electron chi connectivity index (χ3n) is 3.00. The monoisotopic (exact) mass is 335 g/mol. The normalized spacial score (nSPS) is 11.0. The zero-order chi connectivity index (χ0) is 16.7. The smallest absolute Gasteiger partial charge is 0.306 e. The summed E-state index contributed by atoms with van der Waals surface area (Å²) in [6.07, 6.45) is 1.68. The molecule has 0 aliphatic carbocycles. The maximum absolute atomic E-state index is 11.0. The van der Waals surface area contributed by atoms with E-state index in [0.717, 1.165) is 23.1 Å². The van der Waals surface area contributed by atoms with Gasteiger partial charge >= 0.3 is 10.1 Å². The molecular weight excluding hydrogens is 318 g/mol. The molecule has 0 aliphatic rings. The molecule has 0 N–H and O–H groups in total. The lowest BCUT2D eigenvalue weighted by Gasteiger charge is -2.07. The van der Waals surface area contributed by atoms with Gasteiger partial charge in [-0.2, -0.15) is 13.3 Å². The second-order valence-corrected chi connectivity index (χ2v) is 6.54. The molecule has 0 amide bonds. The SMILES string of the molecule is CS(=O)(=O)Oc1ccc(CCOc2ccc(CN=O)cc2)cc1. The lowest BCUT2D eigenvalue weighted by Crippen LogP contribution is -2.06. The molecule has 0 aliphatic heterocycles. The Hall–Kier alpha value is -2.41. The molecule has 2 aromatic rings. The molecule has 2 rings (SSSR count). The van der Waals surface area contributed by atoms with Gasteiger partial charge in [-0.1, -0.05) is 29.4 Å². The van der Waals surface area contributed by atoms with Crippen LogP contribution in [-0.2, 0) is 23.1 Å². The molecule has 0 aromatic heterocycles. The topological polar surface area (TPSA) is 82.0 Å². The van der Waals surface area contributed by atoms with Crippen LogP contribution in [0.3, 0.4) is 0 Å². The van der Waals surface area contributed by atoms with E-state index >= 15 is 0 Å². The van der Waals surface area contributed by atoms with Crippen molar-refractivity contribution in [3.05, 3.63) is 64.6 Å². The molecule has 0 bridgehead atoms. The maximum Gasteiger partial charge on any atom is 0.306 e. The van der Waals surface area contributed by atoms with Crippen molar-refractivity contribution in [3.63, 3.8) is 0 Å². The Kier molecular flexibility index (Phi) is 5.70. The fourth-order valence-corrected chi connectivity index (χ4v) is 2.40. The second-order valence-electron chi connectivity index (χ2n) is 4.96. The van der Waals surface area contributed by atoms with Crippen molar-refractivity contribution in [2.24, 2.45) is 5.18 Å². The van der Waals surface area contributed by atoms with E-state index in [4.69, 9.17) is 8.92 Å². The summed E-state index contributed by atoms with van der Waals surface area (Å²) in [5.74, 6) is 1.01. The van der Waals surface area contributed by atoms with Crippen molar-refractivity contribution in [2.45, 2.75) is 13.0 Å². The average Bonchev–Trinajstić information content (AvgIpc) is 2.50. The Morgan fingerprint density at radius 2 is 1.48 bits per heavy atom. The van der Waals surface area contributed by atoms with Gasteiger partial charge in [-0.15, -0.1) is 0 Å². The quantitative estimate of drug-likeness (QED) is 0.547. The third-order valence-corrected chi connectivity index (χ3v) is 3.50. The fourth-order valence-electron chi connectivity index (χ4n) is 1.94. The summed E-state index contributed by atoms with van der Waals surface area (Å²) < 4.78 is 32.4. The van der Waals surface area contributed by atoms with Crippen LogP contribution in [0.2, 0.25) is 0 Å². The average molecular weight is 335 g/mol. The van der Waals surface area contributed by atoms with Crippen molar-refractivity contribution in [1.29, 1.82) is 0 Å². The largest absolute Gasteiger partial charge is 0.493 e. The molecular formula is C16H17NO5S. The van der Waals surface area contributed by atoms with Gasteiger partial charge in [0.05, 0.1) is 12.9 Å². The predicted octanol–water partition coefficient (Wildman–Crippen LogP) is 2.91. The van der Waals surface area contributed by atoms with E-state index in [2.05, 4.69) is 5.18 Å². The number of ether oxygens (including phenoxy) is 1. The molecule has 122 valence electrons. The van der Waals surface area contributed by atoms with Crippen LogP contribution < -0.4 is 8.92 Å². The zero-order valence-corrected chi connectivity index (χ0v) is 13.5. The van der Waals surface area contributed by atoms with Crippen molar-refractivity contribution in [2.75, 3.05) is 12.9 Å². The number of nitrogens with zero attached hydrogens (tertiary/aromatic N) is 1. The molecule has 6 nitrogen and oxygen atoms in total. The van der Waals surface area contributed by atoms with Gasteiger partial charge in [0.1, 0.15) is 18.0 Å². The first-order chi connectivity index (χ1) is 11.0. The molecule has 23 heavy (non-hydrogen) atoms. The van der Waals surface area contributed by atoms with E-state index < -0.39 is 10.1 Å². The number of hydrogen-bond acceptors (Lipinski definition) is 6. The fraction of sp³-hybridized carbons (Fsp3) is 0.250. The highest BCUT2D eigenvalue weighted by atomic mass is 32.2. The summed E-state index contributed by atoms with van der Waals surface area (Å²) in [7, 11) is -3.50.